The number of hydrogen-bond acceptors (Lipinski definition) is 8. The smallest absolute Gasteiger partial charge is 0.338 e. The molecule has 1 aromatic heterocycles. The Hall–Kier alpha value is -2.82. The second kappa shape index (κ2) is 9.67. The van der Waals surface area contributed by atoms with Crippen LogP contribution < -0.4 is 24.4 Å². The highest BCUT2D eigenvalue weighted by Crippen LogP contribution is 2.37. The van der Waals surface area contributed by atoms with Crippen LogP contribution >= 0.6 is 39.0 Å². The van der Waals surface area contributed by atoms with Gasteiger partial charge in [0.1, 0.15) is 0 Å². The van der Waals surface area contributed by atoms with Gasteiger partial charge in [-0.3, -0.25) is 9.36 Å². The Morgan fingerprint density at radius 1 is 1.29 bits per heavy atom. The van der Waals surface area contributed by atoms with Gasteiger partial charge in [0, 0.05) is 9.37 Å². The van der Waals surface area contributed by atoms with Gasteiger partial charge >= 0.3 is 5.97 Å². The first-order valence-corrected chi connectivity index (χ1v) is 13.7. The van der Waals surface area contributed by atoms with Crippen LogP contribution in [0.3, 0.4) is 0 Å². The number of esters is 1. The lowest BCUT2D eigenvalue weighted by Crippen LogP contribution is -2.39. The molecule has 3 heterocycles. The van der Waals surface area contributed by atoms with E-state index in [-0.39, 0.29) is 19.0 Å². The molecule has 0 saturated carbocycles. The second-order valence-electron chi connectivity index (χ2n) is 7.80. The highest BCUT2D eigenvalue weighted by Gasteiger charge is 2.33. The zero-order valence-corrected chi connectivity index (χ0v) is 22.4. The van der Waals surface area contributed by atoms with Crippen LogP contribution in [0.4, 0.5) is 0 Å². The molecule has 180 valence electrons. The SMILES string of the molecule is CCOC(=O)C1=C(C)N=c2s/c(=C\c3cc4c(cc3Br)OCO4)c(=O)n2[C@@H]1c1ccc(SC)cc1. The fraction of sp³-hybridized carbons (Fsp3) is 0.240. The molecular formula is C25H21BrN2O5S2. The maximum atomic E-state index is 13.7. The summed E-state index contributed by atoms with van der Waals surface area (Å²) in [7, 11) is 0. The predicted octanol–water partition coefficient (Wildman–Crippen LogP) is 4.01. The van der Waals surface area contributed by atoms with Gasteiger partial charge in [-0.1, -0.05) is 39.4 Å². The minimum Gasteiger partial charge on any atom is -0.463 e. The number of ether oxygens (including phenoxy) is 3. The van der Waals surface area contributed by atoms with Gasteiger partial charge in [-0.05, 0) is 61.6 Å². The van der Waals surface area contributed by atoms with E-state index in [1.54, 1.807) is 36.3 Å². The van der Waals surface area contributed by atoms with Crippen molar-refractivity contribution in [1.82, 2.24) is 4.57 Å². The van der Waals surface area contributed by atoms with E-state index in [4.69, 9.17) is 14.2 Å². The summed E-state index contributed by atoms with van der Waals surface area (Å²) in [5, 5.41) is 0. The number of thioether (sulfide) groups is 1. The average Bonchev–Trinajstić information content (AvgIpc) is 3.42. The van der Waals surface area contributed by atoms with Crippen LogP contribution in [0.15, 0.2) is 66.8 Å². The predicted molar refractivity (Wildman–Crippen MR) is 139 cm³/mol. The zero-order valence-electron chi connectivity index (χ0n) is 19.2. The molecule has 3 aromatic rings. The van der Waals surface area contributed by atoms with Crippen molar-refractivity contribution in [1.29, 1.82) is 0 Å². The van der Waals surface area contributed by atoms with E-state index in [0.717, 1.165) is 20.5 Å². The molecule has 2 aromatic carbocycles. The topological polar surface area (TPSA) is 79.1 Å². The Labute approximate surface area is 217 Å². The fourth-order valence-electron chi connectivity index (χ4n) is 4.08. The quantitative estimate of drug-likeness (QED) is 0.339. The number of thiazole rings is 1. The summed E-state index contributed by atoms with van der Waals surface area (Å²) in [5.41, 5.74) is 2.27. The van der Waals surface area contributed by atoms with Crippen LogP contribution in [-0.4, -0.2) is 30.2 Å². The number of benzene rings is 2. The molecule has 10 heteroatoms. The van der Waals surface area contributed by atoms with Gasteiger partial charge in [0.2, 0.25) is 6.79 Å². The molecule has 0 radical (unpaired) electrons. The summed E-state index contributed by atoms with van der Waals surface area (Å²) in [4.78, 5) is 33.0. The molecule has 7 nitrogen and oxygen atoms in total. The number of carbonyl (C=O) groups is 1. The molecule has 0 bridgehead atoms. The highest BCUT2D eigenvalue weighted by atomic mass is 79.9. The highest BCUT2D eigenvalue weighted by molar-refractivity contribution is 9.10. The van der Waals surface area contributed by atoms with E-state index in [0.29, 0.717) is 32.1 Å². The van der Waals surface area contributed by atoms with Crippen molar-refractivity contribution in [2.24, 2.45) is 4.99 Å². The van der Waals surface area contributed by atoms with Crippen LogP contribution in [-0.2, 0) is 9.53 Å². The normalized spacial score (nSPS) is 16.8. The number of allylic oxidation sites excluding steroid dienone is 1. The van der Waals surface area contributed by atoms with Crippen molar-refractivity contribution in [3.8, 4) is 11.5 Å². The molecule has 0 saturated heterocycles. The molecule has 0 spiro atoms. The molecule has 0 aliphatic carbocycles. The first kappa shape index (κ1) is 23.9. The van der Waals surface area contributed by atoms with E-state index >= 15 is 0 Å². The van der Waals surface area contributed by atoms with Crippen molar-refractivity contribution < 1.29 is 19.0 Å². The Kier molecular flexibility index (Phi) is 6.61. The van der Waals surface area contributed by atoms with Crippen LogP contribution in [0.2, 0.25) is 0 Å². The molecule has 2 aliphatic rings. The Bertz CT molecular complexity index is 1540. The summed E-state index contributed by atoms with van der Waals surface area (Å²) < 4.78 is 19.1. The van der Waals surface area contributed by atoms with Crippen molar-refractivity contribution in [3.63, 3.8) is 0 Å². The molecule has 5 rings (SSSR count). The summed E-state index contributed by atoms with van der Waals surface area (Å²) in [6.45, 7) is 3.94. The van der Waals surface area contributed by atoms with E-state index in [9.17, 15) is 9.59 Å². The standard InChI is InChI=1S/C25H21BrN2O5S2/c1-4-31-24(30)21-13(2)27-25-28(22(21)14-5-7-16(34-3)8-6-14)23(29)20(35-25)10-15-9-18-19(11-17(15)26)33-12-32-18/h5-11,22H,4,12H2,1-3H3/b20-10-/t22-/m1/s1. The van der Waals surface area contributed by atoms with Crippen molar-refractivity contribution in [3.05, 3.63) is 83.0 Å². The monoisotopic (exact) mass is 572 g/mol. The summed E-state index contributed by atoms with van der Waals surface area (Å²) >= 11 is 6.46. The lowest BCUT2D eigenvalue weighted by molar-refractivity contribution is -0.139. The lowest BCUT2D eigenvalue weighted by Gasteiger charge is -2.24. The van der Waals surface area contributed by atoms with E-state index in [1.165, 1.54) is 11.3 Å². The first-order valence-electron chi connectivity index (χ1n) is 10.8. The van der Waals surface area contributed by atoms with Gasteiger partial charge in [-0.15, -0.1) is 11.8 Å². The van der Waals surface area contributed by atoms with E-state index < -0.39 is 12.0 Å². The Morgan fingerprint density at radius 3 is 2.69 bits per heavy atom. The van der Waals surface area contributed by atoms with Crippen molar-refractivity contribution in [2.45, 2.75) is 24.8 Å². The molecule has 0 unspecified atom stereocenters. The minimum absolute atomic E-state index is 0.165. The largest absolute Gasteiger partial charge is 0.463 e. The van der Waals surface area contributed by atoms with Crippen molar-refractivity contribution >= 4 is 51.1 Å². The van der Waals surface area contributed by atoms with Gasteiger partial charge in [0.15, 0.2) is 16.3 Å². The van der Waals surface area contributed by atoms with Crippen LogP contribution in [0.5, 0.6) is 11.5 Å². The fourth-order valence-corrected chi connectivity index (χ4v) is 5.96. The first-order chi connectivity index (χ1) is 16.9. The van der Waals surface area contributed by atoms with Crippen LogP contribution in [0.1, 0.15) is 31.0 Å². The molecule has 1 atom stereocenters. The number of carbonyl (C=O) groups excluding carboxylic acids is 1. The van der Waals surface area contributed by atoms with Gasteiger partial charge in [-0.2, -0.15) is 0 Å². The third kappa shape index (κ3) is 4.34. The summed E-state index contributed by atoms with van der Waals surface area (Å²) in [6.07, 6.45) is 3.80. The van der Waals surface area contributed by atoms with E-state index in [1.807, 2.05) is 42.7 Å². The minimum atomic E-state index is -0.636. The molecule has 0 fully saturated rings. The van der Waals surface area contributed by atoms with Gasteiger partial charge in [0.05, 0.1) is 28.5 Å². The van der Waals surface area contributed by atoms with Crippen LogP contribution in [0.25, 0.3) is 6.08 Å². The van der Waals surface area contributed by atoms with Gasteiger partial charge in [-0.25, -0.2) is 9.79 Å². The summed E-state index contributed by atoms with van der Waals surface area (Å²) in [5.74, 6) is 0.804. The zero-order chi connectivity index (χ0) is 24.7. The van der Waals surface area contributed by atoms with Gasteiger partial charge < -0.3 is 14.2 Å². The second-order valence-corrected chi connectivity index (χ2v) is 10.5. The third-order valence-corrected chi connectivity index (χ3v) is 8.14. The molecule has 35 heavy (non-hydrogen) atoms. The maximum Gasteiger partial charge on any atom is 0.338 e. The Balaban J connectivity index is 1.70. The molecule has 0 amide bonds. The summed E-state index contributed by atoms with van der Waals surface area (Å²) in [6, 6.07) is 10.9. The number of rotatable bonds is 5. The molecule has 2 aliphatic heterocycles. The average molecular weight is 573 g/mol. The van der Waals surface area contributed by atoms with Crippen molar-refractivity contribution in [2.75, 3.05) is 19.7 Å². The van der Waals surface area contributed by atoms with Gasteiger partial charge in [0.25, 0.3) is 5.56 Å². The molecular weight excluding hydrogens is 552 g/mol. The number of hydrogen-bond donors (Lipinski definition) is 0. The number of halogens is 1. The third-order valence-electron chi connectivity index (χ3n) is 5.73. The number of nitrogens with zero attached hydrogens (tertiary/aromatic N) is 2. The number of fused-ring (bicyclic) bond motifs is 2. The maximum absolute atomic E-state index is 13.7. The van der Waals surface area contributed by atoms with Crippen LogP contribution in [0, 0.1) is 0 Å². The number of aromatic nitrogens is 1. The lowest BCUT2D eigenvalue weighted by atomic mass is 9.96. The molecule has 0 N–H and O–H groups in total. The Morgan fingerprint density at radius 2 is 2.00 bits per heavy atom. The van der Waals surface area contributed by atoms with E-state index in [2.05, 4.69) is 20.9 Å².